The highest BCUT2D eigenvalue weighted by atomic mass is 79.9. The molecule has 0 aliphatic carbocycles. The van der Waals surface area contributed by atoms with Gasteiger partial charge in [0.1, 0.15) is 0 Å². The van der Waals surface area contributed by atoms with Gasteiger partial charge >= 0.3 is 0 Å². The molecular formula is C15H14BrN3O4S. The van der Waals surface area contributed by atoms with Crippen LogP contribution >= 0.6 is 15.9 Å². The summed E-state index contributed by atoms with van der Waals surface area (Å²) in [5.74, 6) is 0. The fraction of sp³-hybridized carbons (Fsp3) is 0.0667. The monoisotopic (exact) mass is 411 g/mol. The Kier molecular flexibility index (Phi) is 5.37. The zero-order valence-electron chi connectivity index (χ0n) is 12.6. The Morgan fingerprint density at radius 1 is 1.21 bits per heavy atom. The number of nitrogens with zero attached hydrogens (tertiary/aromatic N) is 1. The maximum Gasteiger partial charge on any atom is 0.272 e. The van der Waals surface area contributed by atoms with E-state index in [1.54, 1.807) is 31.2 Å². The summed E-state index contributed by atoms with van der Waals surface area (Å²) in [6.45, 7) is 5.32. The number of rotatable bonds is 6. The third kappa shape index (κ3) is 4.19. The highest BCUT2D eigenvalue weighted by Gasteiger charge is 2.16. The fourth-order valence-corrected chi connectivity index (χ4v) is 3.00. The van der Waals surface area contributed by atoms with Crippen molar-refractivity contribution in [2.75, 3.05) is 0 Å². The first-order chi connectivity index (χ1) is 11.2. The summed E-state index contributed by atoms with van der Waals surface area (Å²) in [5, 5.41) is 11.0. The predicted molar refractivity (Wildman–Crippen MR) is 94.5 cm³/mol. The van der Waals surface area contributed by atoms with Crippen LogP contribution < -0.4 is 10.3 Å². The Morgan fingerprint density at radius 3 is 2.42 bits per heavy atom. The first-order valence-electron chi connectivity index (χ1n) is 6.68. The molecule has 0 saturated carbocycles. The summed E-state index contributed by atoms with van der Waals surface area (Å²) >= 11 is 3.23. The van der Waals surface area contributed by atoms with E-state index in [1.165, 1.54) is 18.2 Å². The van der Waals surface area contributed by atoms with Gasteiger partial charge in [0.2, 0.25) is 0 Å². The van der Waals surface area contributed by atoms with Crippen molar-refractivity contribution < 1.29 is 13.3 Å². The fourth-order valence-electron chi connectivity index (χ4n) is 1.87. The first kappa shape index (κ1) is 18.1. The topological polar surface area (TPSA) is 101 Å². The normalized spacial score (nSPS) is 11.1. The highest BCUT2D eigenvalue weighted by Crippen LogP contribution is 2.22. The number of aryl methyl sites for hydroxylation is 1. The Morgan fingerprint density at radius 2 is 1.83 bits per heavy atom. The summed E-state index contributed by atoms with van der Waals surface area (Å²) in [6, 6.07) is 10.6. The molecule has 0 atom stereocenters. The summed E-state index contributed by atoms with van der Waals surface area (Å²) in [7, 11) is -3.79. The lowest BCUT2D eigenvalue weighted by Crippen LogP contribution is -2.35. The predicted octanol–water partition coefficient (Wildman–Crippen LogP) is 3.12. The van der Waals surface area contributed by atoms with Crippen LogP contribution in [0.15, 0.2) is 58.4 Å². The minimum absolute atomic E-state index is 0.0637. The Bertz CT molecular complexity index is 895. The van der Waals surface area contributed by atoms with Gasteiger partial charge in [0.15, 0.2) is 0 Å². The number of hydrogen-bond donors (Lipinski definition) is 2. The van der Waals surface area contributed by atoms with Gasteiger partial charge in [0.05, 0.1) is 15.5 Å². The molecule has 0 bridgehead atoms. The van der Waals surface area contributed by atoms with Crippen LogP contribution in [0.25, 0.3) is 5.70 Å². The summed E-state index contributed by atoms with van der Waals surface area (Å²) in [6.07, 6.45) is 0. The van der Waals surface area contributed by atoms with Crippen LogP contribution in [-0.2, 0) is 10.0 Å². The second kappa shape index (κ2) is 7.12. The molecule has 0 aliphatic rings. The van der Waals surface area contributed by atoms with Crippen LogP contribution in [0, 0.1) is 17.0 Å². The van der Waals surface area contributed by atoms with Crippen LogP contribution in [-0.4, -0.2) is 13.3 Å². The number of halogens is 1. The van der Waals surface area contributed by atoms with Crippen molar-refractivity contribution in [1.29, 1.82) is 0 Å². The summed E-state index contributed by atoms with van der Waals surface area (Å²) < 4.78 is 25.1. The molecule has 0 aromatic heterocycles. The number of nitro benzene ring substituents is 1. The molecule has 2 rings (SSSR count). The van der Waals surface area contributed by atoms with E-state index in [9.17, 15) is 18.5 Å². The third-order valence-electron chi connectivity index (χ3n) is 3.21. The van der Waals surface area contributed by atoms with E-state index in [4.69, 9.17) is 0 Å². The number of hydrazine groups is 1. The van der Waals surface area contributed by atoms with Crippen LogP contribution in [0.5, 0.6) is 0 Å². The number of hydrogen-bond acceptors (Lipinski definition) is 5. The molecule has 0 radical (unpaired) electrons. The molecule has 7 nitrogen and oxygen atoms in total. The van der Waals surface area contributed by atoms with Gasteiger partial charge in [-0.15, -0.1) is 4.83 Å². The molecule has 2 N–H and O–H groups in total. The molecule has 0 fully saturated rings. The van der Waals surface area contributed by atoms with Gasteiger partial charge in [-0.05, 0) is 31.2 Å². The van der Waals surface area contributed by atoms with Crippen molar-refractivity contribution >= 4 is 37.3 Å². The minimum Gasteiger partial charge on any atom is -0.308 e. The van der Waals surface area contributed by atoms with Gasteiger partial charge < -0.3 is 5.43 Å². The average Bonchev–Trinajstić information content (AvgIpc) is 2.53. The van der Waals surface area contributed by atoms with Gasteiger partial charge in [0.25, 0.3) is 15.7 Å². The van der Waals surface area contributed by atoms with Crippen LogP contribution in [0.1, 0.15) is 11.1 Å². The van der Waals surface area contributed by atoms with Crippen molar-refractivity contribution in [1.82, 2.24) is 10.3 Å². The van der Waals surface area contributed by atoms with Crippen molar-refractivity contribution in [2.45, 2.75) is 11.8 Å². The Hall–Kier alpha value is -2.23. The molecule has 0 unspecified atom stereocenters. The molecule has 0 saturated heterocycles. The average molecular weight is 412 g/mol. The van der Waals surface area contributed by atoms with Crippen LogP contribution in [0.4, 0.5) is 5.69 Å². The molecule has 0 aliphatic heterocycles. The highest BCUT2D eigenvalue weighted by molar-refractivity contribution is 9.10. The van der Waals surface area contributed by atoms with E-state index in [0.29, 0.717) is 11.1 Å². The first-order valence-corrected chi connectivity index (χ1v) is 8.96. The quantitative estimate of drug-likeness (QED) is 0.561. The second-order valence-electron chi connectivity index (χ2n) is 4.92. The largest absolute Gasteiger partial charge is 0.308 e. The van der Waals surface area contributed by atoms with E-state index in [1.807, 2.05) is 0 Å². The molecular weight excluding hydrogens is 398 g/mol. The van der Waals surface area contributed by atoms with Gasteiger partial charge in [-0.3, -0.25) is 10.1 Å². The summed E-state index contributed by atoms with van der Waals surface area (Å²) in [5.41, 5.74) is 3.52. The lowest BCUT2D eigenvalue weighted by molar-refractivity contribution is -0.385. The Balaban J connectivity index is 2.14. The number of benzene rings is 2. The van der Waals surface area contributed by atoms with E-state index in [2.05, 4.69) is 32.8 Å². The number of nitrogens with one attached hydrogen (secondary N) is 2. The van der Waals surface area contributed by atoms with Crippen molar-refractivity contribution in [3.05, 3.63) is 74.8 Å². The smallest absolute Gasteiger partial charge is 0.272 e. The zero-order valence-corrected chi connectivity index (χ0v) is 15.0. The van der Waals surface area contributed by atoms with Gasteiger partial charge in [-0.1, -0.05) is 34.6 Å². The van der Waals surface area contributed by atoms with E-state index in [0.717, 1.165) is 4.47 Å². The molecule has 2 aromatic carbocycles. The zero-order chi connectivity index (χ0) is 17.9. The van der Waals surface area contributed by atoms with Crippen molar-refractivity contribution in [2.24, 2.45) is 0 Å². The van der Waals surface area contributed by atoms with Gasteiger partial charge in [-0.2, -0.15) is 0 Å². The molecule has 0 amide bonds. The molecule has 0 spiro atoms. The van der Waals surface area contributed by atoms with Gasteiger partial charge in [0, 0.05) is 21.7 Å². The third-order valence-corrected chi connectivity index (χ3v) is 5.01. The molecule has 24 heavy (non-hydrogen) atoms. The van der Waals surface area contributed by atoms with Crippen molar-refractivity contribution in [3.8, 4) is 0 Å². The SMILES string of the molecule is C=C(NNS(=O)(=O)c1ccc(Br)cc1)c1ccc(C)c([N+](=O)[O-])c1. The second-order valence-corrected chi connectivity index (χ2v) is 7.52. The van der Waals surface area contributed by atoms with E-state index >= 15 is 0 Å². The molecule has 9 heteroatoms. The van der Waals surface area contributed by atoms with E-state index in [-0.39, 0.29) is 16.3 Å². The molecule has 2 aromatic rings. The van der Waals surface area contributed by atoms with Crippen molar-refractivity contribution in [3.63, 3.8) is 0 Å². The standard InChI is InChI=1S/C15H14BrN3O4S/c1-10-3-4-12(9-15(10)19(20)21)11(2)17-18-24(22,23)14-7-5-13(16)6-8-14/h3-9,17-18H,2H2,1H3. The summed E-state index contributed by atoms with van der Waals surface area (Å²) in [4.78, 5) is 12.7. The maximum absolute atomic E-state index is 12.2. The molecule has 0 heterocycles. The maximum atomic E-state index is 12.2. The lowest BCUT2D eigenvalue weighted by Gasteiger charge is -2.12. The van der Waals surface area contributed by atoms with Gasteiger partial charge in [-0.25, -0.2) is 8.42 Å². The Labute approximate surface area is 147 Å². The number of nitro groups is 1. The minimum atomic E-state index is -3.79. The molecule has 126 valence electrons. The van der Waals surface area contributed by atoms with E-state index < -0.39 is 14.9 Å². The number of sulfonamides is 1. The van der Waals surface area contributed by atoms with Crippen LogP contribution in [0.2, 0.25) is 0 Å². The lowest BCUT2D eigenvalue weighted by atomic mass is 10.1. The van der Waals surface area contributed by atoms with Crippen LogP contribution in [0.3, 0.4) is 0 Å².